The van der Waals surface area contributed by atoms with Gasteiger partial charge in [-0.3, -0.25) is 0 Å². The maximum atomic E-state index is 10.9. The SMILES string of the molecule is C[C@@H](Oc1cccnc1[N+](=O)[O-])c1c(Cl)cccc1Cl. The first-order valence-corrected chi connectivity index (χ1v) is 6.46. The number of nitro groups is 1. The van der Waals surface area contributed by atoms with Gasteiger partial charge < -0.3 is 14.9 Å². The molecule has 104 valence electrons. The van der Waals surface area contributed by atoms with Crippen molar-refractivity contribution in [1.82, 2.24) is 4.98 Å². The van der Waals surface area contributed by atoms with Gasteiger partial charge in [0.05, 0.1) is 0 Å². The maximum Gasteiger partial charge on any atom is 0.406 e. The summed E-state index contributed by atoms with van der Waals surface area (Å²) in [6.07, 6.45) is 0.789. The molecule has 1 atom stereocenters. The van der Waals surface area contributed by atoms with Crippen LogP contribution >= 0.6 is 23.2 Å². The van der Waals surface area contributed by atoms with E-state index in [1.807, 2.05) is 0 Å². The molecule has 5 nitrogen and oxygen atoms in total. The summed E-state index contributed by atoms with van der Waals surface area (Å²) >= 11 is 12.2. The zero-order valence-corrected chi connectivity index (χ0v) is 11.9. The third-order valence-corrected chi connectivity index (χ3v) is 3.29. The molecule has 0 spiro atoms. The van der Waals surface area contributed by atoms with Gasteiger partial charge in [0.2, 0.25) is 5.75 Å². The Kier molecular flexibility index (Phi) is 4.42. The molecule has 0 N–H and O–H groups in total. The van der Waals surface area contributed by atoms with Gasteiger partial charge in [0.15, 0.2) is 0 Å². The fourth-order valence-electron chi connectivity index (χ4n) is 1.76. The van der Waals surface area contributed by atoms with E-state index in [9.17, 15) is 10.1 Å². The van der Waals surface area contributed by atoms with Crippen molar-refractivity contribution in [2.45, 2.75) is 13.0 Å². The lowest BCUT2D eigenvalue weighted by Gasteiger charge is -2.17. The average Bonchev–Trinajstić information content (AvgIpc) is 2.38. The predicted octanol–water partition coefficient (Wildman–Crippen LogP) is 4.44. The second-order valence-electron chi connectivity index (χ2n) is 3.98. The molecule has 2 aromatic rings. The summed E-state index contributed by atoms with van der Waals surface area (Å²) in [6, 6.07) is 8.11. The molecular weight excluding hydrogens is 303 g/mol. The van der Waals surface area contributed by atoms with Gasteiger partial charge in [-0.25, -0.2) is 0 Å². The lowest BCUT2D eigenvalue weighted by molar-refractivity contribution is -0.390. The van der Waals surface area contributed by atoms with Crippen LogP contribution in [0.5, 0.6) is 5.75 Å². The molecule has 0 fully saturated rings. The highest BCUT2D eigenvalue weighted by Gasteiger charge is 2.21. The summed E-state index contributed by atoms with van der Waals surface area (Å²) in [4.78, 5) is 14.0. The van der Waals surface area contributed by atoms with Gasteiger partial charge in [0, 0.05) is 15.6 Å². The molecule has 0 saturated heterocycles. The van der Waals surface area contributed by atoms with E-state index in [0.29, 0.717) is 15.6 Å². The Hall–Kier alpha value is -1.85. The third kappa shape index (κ3) is 3.00. The van der Waals surface area contributed by atoms with E-state index in [0.717, 1.165) is 0 Å². The number of aromatic nitrogens is 1. The van der Waals surface area contributed by atoms with E-state index in [2.05, 4.69) is 4.98 Å². The summed E-state index contributed by atoms with van der Waals surface area (Å²) < 4.78 is 5.58. The number of halogens is 2. The quantitative estimate of drug-likeness (QED) is 0.618. The van der Waals surface area contributed by atoms with Crippen LogP contribution in [0.1, 0.15) is 18.6 Å². The van der Waals surface area contributed by atoms with Crippen molar-refractivity contribution in [2.75, 3.05) is 0 Å². The molecule has 0 amide bonds. The van der Waals surface area contributed by atoms with Crippen LogP contribution in [0.15, 0.2) is 36.5 Å². The largest absolute Gasteiger partial charge is 0.478 e. The molecule has 0 saturated carbocycles. The molecule has 0 aliphatic rings. The molecule has 7 heteroatoms. The highest BCUT2D eigenvalue weighted by atomic mass is 35.5. The third-order valence-electron chi connectivity index (χ3n) is 2.63. The van der Waals surface area contributed by atoms with Crippen LogP contribution in [0.2, 0.25) is 10.0 Å². The first-order valence-electron chi connectivity index (χ1n) is 5.70. The minimum atomic E-state index is -0.601. The van der Waals surface area contributed by atoms with Crippen LogP contribution in [0.25, 0.3) is 0 Å². The Labute approximate surface area is 125 Å². The van der Waals surface area contributed by atoms with E-state index in [4.69, 9.17) is 27.9 Å². The van der Waals surface area contributed by atoms with Gasteiger partial charge in [-0.05, 0) is 41.1 Å². The first-order chi connectivity index (χ1) is 9.50. The van der Waals surface area contributed by atoms with E-state index in [-0.39, 0.29) is 11.6 Å². The van der Waals surface area contributed by atoms with E-state index in [1.54, 1.807) is 31.2 Å². The smallest absolute Gasteiger partial charge is 0.406 e. The van der Waals surface area contributed by atoms with Gasteiger partial charge in [-0.2, -0.15) is 0 Å². The molecule has 0 aliphatic heterocycles. The Morgan fingerprint density at radius 1 is 1.25 bits per heavy atom. The molecule has 0 bridgehead atoms. The first kappa shape index (κ1) is 14.6. The number of pyridine rings is 1. The minimum Gasteiger partial charge on any atom is -0.478 e. The zero-order chi connectivity index (χ0) is 14.7. The Balaban J connectivity index is 2.33. The van der Waals surface area contributed by atoms with Crippen molar-refractivity contribution in [3.05, 3.63) is 62.3 Å². The number of nitrogens with zero attached hydrogens (tertiary/aromatic N) is 2. The van der Waals surface area contributed by atoms with Gasteiger partial charge in [-0.15, -0.1) is 0 Å². The van der Waals surface area contributed by atoms with Crippen LogP contribution in [-0.4, -0.2) is 9.91 Å². The number of rotatable bonds is 4. The zero-order valence-electron chi connectivity index (χ0n) is 10.4. The van der Waals surface area contributed by atoms with Crippen LogP contribution in [0, 0.1) is 10.1 Å². The van der Waals surface area contributed by atoms with E-state index >= 15 is 0 Å². The summed E-state index contributed by atoms with van der Waals surface area (Å²) in [5.41, 5.74) is 0.578. The molecular formula is C13H10Cl2N2O3. The van der Waals surface area contributed by atoms with Gasteiger partial charge in [0.25, 0.3) is 0 Å². The van der Waals surface area contributed by atoms with E-state index in [1.165, 1.54) is 12.3 Å². The fraction of sp³-hybridized carbons (Fsp3) is 0.154. The Morgan fingerprint density at radius 2 is 1.90 bits per heavy atom. The van der Waals surface area contributed by atoms with Gasteiger partial charge in [0.1, 0.15) is 12.3 Å². The Morgan fingerprint density at radius 3 is 2.50 bits per heavy atom. The molecule has 20 heavy (non-hydrogen) atoms. The van der Waals surface area contributed by atoms with E-state index < -0.39 is 11.0 Å². The Bertz CT molecular complexity index is 629. The fourth-order valence-corrected chi connectivity index (χ4v) is 2.46. The lowest BCUT2D eigenvalue weighted by Crippen LogP contribution is -2.07. The number of hydrogen-bond acceptors (Lipinski definition) is 4. The minimum absolute atomic E-state index is 0.0704. The van der Waals surface area contributed by atoms with Crippen molar-refractivity contribution in [3.63, 3.8) is 0 Å². The molecule has 0 aliphatic carbocycles. The summed E-state index contributed by atoms with van der Waals surface area (Å²) in [5.74, 6) is -0.275. The van der Waals surface area contributed by atoms with Gasteiger partial charge >= 0.3 is 5.82 Å². The highest BCUT2D eigenvalue weighted by Crippen LogP contribution is 2.35. The van der Waals surface area contributed by atoms with Crippen molar-refractivity contribution >= 4 is 29.0 Å². The summed E-state index contributed by atoms with van der Waals surface area (Å²) in [7, 11) is 0. The van der Waals surface area contributed by atoms with Crippen LogP contribution in [-0.2, 0) is 0 Å². The maximum absolute atomic E-state index is 10.9. The topological polar surface area (TPSA) is 65.3 Å². The molecule has 1 aromatic heterocycles. The average molecular weight is 313 g/mol. The molecule has 0 unspecified atom stereocenters. The van der Waals surface area contributed by atoms with Crippen molar-refractivity contribution in [3.8, 4) is 5.75 Å². The van der Waals surface area contributed by atoms with Crippen LogP contribution in [0.4, 0.5) is 5.82 Å². The summed E-state index contributed by atoms with van der Waals surface area (Å²) in [5, 5.41) is 11.8. The van der Waals surface area contributed by atoms with Crippen molar-refractivity contribution in [2.24, 2.45) is 0 Å². The second-order valence-corrected chi connectivity index (χ2v) is 4.79. The van der Waals surface area contributed by atoms with Crippen LogP contribution < -0.4 is 4.74 Å². The van der Waals surface area contributed by atoms with Crippen molar-refractivity contribution in [1.29, 1.82) is 0 Å². The van der Waals surface area contributed by atoms with Gasteiger partial charge in [-0.1, -0.05) is 29.3 Å². The molecule has 2 rings (SSSR count). The van der Waals surface area contributed by atoms with Crippen molar-refractivity contribution < 1.29 is 9.66 Å². The molecule has 1 aromatic carbocycles. The number of benzene rings is 1. The number of hydrogen-bond donors (Lipinski definition) is 0. The summed E-state index contributed by atoms with van der Waals surface area (Å²) in [6.45, 7) is 1.71. The second kappa shape index (κ2) is 6.07. The molecule has 0 radical (unpaired) electrons. The monoisotopic (exact) mass is 312 g/mol. The standard InChI is InChI=1S/C13H10Cl2N2O3/c1-8(12-9(14)4-2-5-10(12)15)20-11-6-3-7-16-13(11)17(18)19/h2-8H,1H3/t8-/m1/s1. The number of ether oxygens (including phenoxy) is 1. The molecule has 1 heterocycles. The van der Waals surface area contributed by atoms with Crippen LogP contribution in [0.3, 0.4) is 0 Å². The predicted molar refractivity (Wildman–Crippen MR) is 76.4 cm³/mol. The normalized spacial score (nSPS) is 11.9. The highest BCUT2D eigenvalue weighted by molar-refractivity contribution is 6.36. The lowest BCUT2D eigenvalue weighted by atomic mass is 10.1.